The third-order valence-corrected chi connectivity index (χ3v) is 7.83. The molecule has 0 spiro atoms. The van der Waals surface area contributed by atoms with Crippen LogP contribution in [0.4, 0.5) is 17.1 Å². The number of amides is 2. The molecule has 2 heterocycles. The van der Waals surface area contributed by atoms with Gasteiger partial charge in [-0.1, -0.05) is 12.1 Å². The predicted octanol–water partition coefficient (Wildman–Crippen LogP) is 4.35. The molecule has 9 heteroatoms. The molecule has 2 amide bonds. The molecule has 0 bridgehead atoms. The monoisotopic (exact) mass is 571 g/mol. The summed E-state index contributed by atoms with van der Waals surface area (Å²) in [7, 11) is 2.16. The molecule has 2 fully saturated rings. The summed E-state index contributed by atoms with van der Waals surface area (Å²) in [5, 5.41) is 5.95. The summed E-state index contributed by atoms with van der Waals surface area (Å²) in [6.07, 6.45) is 0.970. The van der Waals surface area contributed by atoms with Crippen molar-refractivity contribution < 1.29 is 19.1 Å². The van der Waals surface area contributed by atoms with E-state index in [1.54, 1.807) is 24.3 Å². The fourth-order valence-corrected chi connectivity index (χ4v) is 5.15. The molecule has 3 aromatic rings. The quantitative estimate of drug-likeness (QED) is 0.350. The average molecular weight is 572 g/mol. The van der Waals surface area contributed by atoms with E-state index in [0.29, 0.717) is 42.3 Å². The maximum absolute atomic E-state index is 13.0. The number of rotatable bonds is 10. The Bertz CT molecular complexity index is 1350. The third kappa shape index (κ3) is 8.09. The smallest absolute Gasteiger partial charge is 0.255 e. The molecule has 42 heavy (non-hydrogen) atoms. The number of nitrogens with zero attached hydrogens (tertiary/aromatic N) is 3. The predicted molar refractivity (Wildman–Crippen MR) is 167 cm³/mol. The van der Waals surface area contributed by atoms with Crippen molar-refractivity contribution in [3.63, 3.8) is 0 Å². The minimum absolute atomic E-state index is 0.203. The molecule has 9 nitrogen and oxygen atoms in total. The fraction of sp³-hybridized carbons (Fsp3) is 0.394. The SMILES string of the molecule is Cc1ccc(NC(=O)c2cccc(N3CCOCC3)c2)cc1NC(=O)c1ccc(OCCCN2CCN(C)CC2)cc1. The summed E-state index contributed by atoms with van der Waals surface area (Å²) in [6.45, 7) is 11.0. The van der Waals surface area contributed by atoms with Gasteiger partial charge in [-0.05, 0) is 80.6 Å². The molecule has 2 aliphatic heterocycles. The minimum atomic E-state index is -0.221. The van der Waals surface area contributed by atoms with Crippen LogP contribution >= 0.6 is 0 Å². The lowest BCUT2D eigenvalue weighted by atomic mass is 10.1. The van der Waals surface area contributed by atoms with E-state index >= 15 is 0 Å². The maximum Gasteiger partial charge on any atom is 0.255 e. The van der Waals surface area contributed by atoms with Crippen molar-refractivity contribution in [2.24, 2.45) is 0 Å². The molecule has 0 unspecified atom stereocenters. The molecule has 0 atom stereocenters. The van der Waals surface area contributed by atoms with Gasteiger partial charge in [-0.15, -0.1) is 0 Å². The lowest BCUT2D eigenvalue weighted by molar-refractivity contribution is 0.101. The van der Waals surface area contributed by atoms with E-state index in [4.69, 9.17) is 9.47 Å². The lowest BCUT2D eigenvalue weighted by Gasteiger charge is -2.32. The number of nitrogens with one attached hydrogen (secondary N) is 2. The van der Waals surface area contributed by atoms with Gasteiger partial charge in [0.15, 0.2) is 0 Å². The van der Waals surface area contributed by atoms with Crippen LogP contribution in [-0.2, 0) is 4.74 Å². The Hall–Kier alpha value is -3.92. The van der Waals surface area contributed by atoms with Crippen molar-refractivity contribution in [1.29, 1.82) is 0 Å². The second-order valence-electron chi connectivity index (χ2n) is 11.0. The molecule has 0 radical (unpaired) electrons. The molecule has 3 aromatic carbocycles. The number of benzene rings is 3. The topological polar surface area (TPSA) is 86.4 Å². The summed E-state index contributed by atoms with van der Waals surface area (Å²) in [4.78, 5) is 33.1. The number of likely N-dealkylation sites (N-methyl/N-ethyl adjacent to an activating group) is 1. The Balaban J connectivity index is 1.13. The summed E-state index contributed by atoms with van der Waals surface area (Å²) >= 11 is 0. The third-order valence-electron chi connectivity index (χ3n) is 7.83. The summed E-state index contributed by atoms with van der Waals surface area (Å²) in [5.74, 6) is 0.329. The highest BCUT2D eigenvalue weighted by Crippen LogP contribution is 2.23. The first-order valence-electron chi connectivity index (χ1n) is 14.7. The van der Waals surface area contributed by atoms with Gasteiger partial charge in [-0.3, -0.25) is 9.59 Å². The van der Waals surface area contributed by atoms with Gasteiger partial charge in [0, 0.05) is 74.0 Å². The Morgan fingerprint density at radius 3 is 2.33 bits per heavy atom. The molecule has 2 aliphatic rings. The molecule has 5 rings (SSSR count). The molecule has 222 valence electrons. The van der Waals surface area contributed by atoms with Crippen molar-refractivity contribution in [3.05, 3.63) is 83.4 Å². The summed E-state index contributed by atoms with van der Waals surface area (Å²) in [6, 6.07) is 20.3. The van der Waals surface area contributed by atoms with E-state index in [2.05, 4.69) is 32.4 Å². The number of carbonyl (C=O) groups excluding carboxylic acids is 2. The van der Waals surface area contributed by atoms with Gasteiger partial charge < -0.3 is 34.8 Å². The van der Waals surface area contributed by atoms with Crippen LogP contribution in [0.15, 0.2) is 66.7 Å². The van der Waals surface area contributed by atoms with Gasteiger partial charge in [0.1, 0.15) is 5.75 Å². The van der Waals surface area contributed by atoms with E-state index in [-0.39, 0.29) is 11.8 Å². The van der Waals surface area contributed by atoms with Crippen LogP contribution in [0.5, 0.6) is 5.75 Å². The lowest BCUT2D eigenvalue weighted by Crippen LogP contribution is -2.44. The minimum Gasteiger partial charge on any atom is -0.494 e. The molecule has 0 aliphatic carbocycles. The number of aryl methyl sites for hydroxylation is 1. The normalized spacial score (nSPS) is 16.2. The van der Waals surface area contributed by atoms with Gasteiger partial charge in [-0.2, -0.15) is 0 Å². The fourth-order valence-electron chi connectivity index (χ4n) is 5.15. The first kappa shape index (κ1) is 29.6. The van der Waals surface area contributed by atoms with Crippen LogP contribution in [0.25, 0.3) is 0 Å². The number of hydrogen-bond acceptors (Lipinski definition) is 7. The first-order valence-corrected chi connectivity index (χ1v) is 14.7. The molecule has 2 N–H and O–H groups in total. The van der Waals surface area contributed by atoms with Crippen molar-refractivity contribution in [2.75, 3.05) is 88.2 Å². The number of carbonyl (C=O) groups is 2. The summed E-state index contributed by atoms with van der Waals surface area (Å²) < 4.78 is 11.3. The maximum atomic E-state index is 13.0. The highest BCUT2D eigenvalue weighted by atomic mass is 16.5. The Labute approximate surface area is 248 Å². The highest BCUT2D eigenvalue weighted by molar-refractivity contribution is 6.07. The number of hydrogen-bond donors (Lipinski definition) is 2. The van der Waals surface area contributed by atoms with Crippen molar-refractivity contribution in [3.8, 4) is 5.75 Å². The van der Waals surface area contributed by atoms with Gasteiger partial charge in [0.25, 0.3) is 11.8 Å². The first-order chi connectivity index (χ1) is 20.4. The average Bonchev–Trinajstić information content (AvgIpc) is 3.02. The molecule has 2 saturated heterocycles. The van der Waals surface area contributed by atoms with Crippen molar-refractivity contribution >= 4 is 28.9 Å². The van der Waals surface area contributed by atoms with Crippen LogP contribution in [-0.4, -0.2) is 94.3 Å². The van der Waals surface area contributed by atoms with Crippen molar-refractivity contribution in [1.82, 2.24) is 9.80 Å². The number of piperazine rings is 1. The van der Waals surface area contributed by atoms with Crippen molar-refractivity contribution in [2.45, 2.75) is 13.3 Å². The van der Waals surface area contributed by atoms with Crippen LogP contribution < -0.4 is 20.3 Å². The van der Waals surface area contributed by atoms with E-state index in [9.17, 15) is 9.59 Å². The van der Waals surface area contributed by atoms with E-state index in [1.807, 2.05) is 49.4 Å². The van der Waals surface area contributed by atoms with Gasteiger partial charge >= 0.3 is 0 Å². The van der Waals surface area contributed by atoms with Crippen LogP contribution in [0, 0.1) is 6.92 Å². The highest BCUT2D eigenvalue weighted by Gasteiger charge is 2.15. The summed E-state index contributed by atoms with van der Waals surface area (Å²) in [5.41, 5.74) is 4.27. The number of ether oxygens (including phenoxy) is 2. The zero-order valence-corrected chi connectivity index (χ0v) is 24.6. The number of anilines is 3. The zero-order valence-electron chi connectivity index (χ0n) is 24.6. The molecule has 0 saturated carbocycles. The molecular formula is C33H41N5O4. The van der Waals surface area contributed by atoms with E-state index in [0.717, 1.165) is 69.2 Å². The van der Waals surface area contributed by atoms with E-state index < -0.39 is 0 Å². The number of morpholine rings is 1. The Kier molecular flexibility index (Phi) is 10.1. The standard InChI is InChI=1S/C33H41N5O4/c1-25-7-10-28(34-33(40)27-5-3-6-29(23-27)38-18-21-41-22-19-38)24-31(25)35-32(39)26-8-11-30(12-9-26)42-20-4-13-37-16-14-36(2)15-17-37/h3,5-12,23-24H,4,13-22H2,1-2H3,(H,34,40)(H,35,39). The van der Waals surface area contributed by atoms with Gasteiger partial charge in [0.2, 0.25) is 0 Å². The van der Waals surface area contributed by atoms with Gasteiger partial charge in [-0.25, -0.2) is 0 Å². The molecule has 0 aromatic heterocycles. The van der Waals surface area contributed by atoms with Gasteiger partial charge in [0.05, 0.1) is 19.8 Å². The Morgan fingerprint density at radius 1 is 0.833 bits per heavy atom. The second kappa shape index (κ2) is 14.3. The zero-order chi connectivity index (χ0) is 29.3. The second-order valence-corrected chi connectivity index (χ2v) is 11.0. The van der Waals surface area contributed by atoms with Crippen LogP contribution in [0.1, 0.15) is 32.7 Å². The Morgan fingerprint density at radius 2 is 1.57 bits per heavy atom. The largest absolute Gasteiger partial charge is 0.494 e. The molecular weight excluding hydrogens is 530 g/mol. The van der Waals surface area contributed by atoms with E-state index in [1.165, 1.54) is 0 Å². The van der Waals surface area contributed by atoms with Crippen LogP contribution in [0.3, 0.4) is 0 Å². The van der Waals surface area contributed by atoms with Crippen LogP contribution in [0.2, 0.25) is 0 Å².